The summed E-state index contributed by atoms with van der Waals surface area (Å²) in [6, 6.07) is 25.7. The Hall–Kier alpha value is -3.75. The minimum atomic E-state index is -0.146. The van der Waals surface area contributed by atoms with Gasteiger partial charge in [0, 0.05) is 43.3 Å². The zero-order chi connectivity index (χ0) is 27.0. The molecule has 7 nitrogen and oxygen atoms in total. The van der Waals surface area contributed by atoms with E-state index in [4.69, 9.17) is 4.74 Å². The molecule has 2 amide bonds. The molecule has 1 fully saturated rings. The molecule has 3 aromatic rings. The number of para-hydroxylation sites is 1. The number of benzene rings is 3. The van der Waals surface area contributed by atoms with Crippen molar-refractivity contribution in [3.63, 3.8) is 0 Å². The average Bonchev–Trinajstić information content (AvgIpc) is 2.98. The van der Waals surface area contributed by atoms with Crippen LogP contribution in [0.15, 0.2) is 88.7 Å². The van der Waals surface area contributed by atoms with Crippen LogP contribution in [0.4, 0.5) is 11.4 Å². The minimum Gasteiger partial charge on any atom is -0.497 e. The molecule has 0 aromatic heterocycles. The summed E-state index contributed by atoms with van der Waals surface area (Å²) in [5, 5.41) is 3.02. The summed E-state index contributed by atoms with van der Waals surface area (Å²) in [6.45, 7) is 5.47. The number of anilines is 2. The van der Waals surface area contributed by atoms with E-state index in [1.54, 1.807) is 12.0 Å². The largest absolute Gasteiger partial charge is 0.497 e. The molecule has 0 saturated carbocycles. The smallest absolute Gasteiger partial charge is 0.265 e. The van der Waals surface area contributed by atoms with Crippen LogP contribution in [0, 0.1) is 0 Å². The number of hydrogen-bond donors (Lipinski definition) is 1. The first-order chi connectivity index (χ1) is 19.1. The third-order valence-corrected chi connectivity index (χ3v) is 8.09. The molecule has 2 heterocycles. The quantitative estimate of drug-likeness (QED) is 0.317. The number of thioether (sulfide) groups is 1. The summed E-state index contributed by atoms with van der Waals surface area (Å²) in [5.41, 5.74) is 2.96. The van der Waals surface area contributed by atoms with E-state index in [1.165, 1.54) is 17.4 Å². The molecule has 1 saturated heterocycles. The number of fused-ring (bicyclic) bond motifs is 1. The number of rotatable bonds is 9. The number of hydrogen-bond acceptors (Lipinski definition) is 6. The summed E-state index contributed by atoms with van der Waals surface area (Å²) in [5.74, 6) is 0.581. The van der Waals surface area contributed by atoms with E-state index in [0.29, 0.717) is 11.4 Å². The Morgan fingerprint density at radius 2 is 1.67 bits per heavy atom. The third kappa shape index (κ3) is 6.82. The van der Waals surface area contributed by atoms with Crippen molar-refractivity contribution in [2.75, 3.05) is 62.7 Å². The summed E-state index contributed by atoms with van der Waals surface area (Å²) in [4.78, 5) is 34.2. The topological polar surface area (TPSA) is 65.1 Å². The third-order valence-electron chi connectivity index (χ3n) is 7.01. The fourth-order valence-corrected chi connectivity index (χ4v) is 5.93. The Morgan fingerprint density at radius 3 is 2.41 bits per heavy atom. The Kier molecular flexibility index (Phi) is 8.85. The molecule has 0 spiro atoms. The maximum Gasteiger partial charge on any atom is 0.265 e. The molecule has 39 heavy (non-hydrogen) atoms. The molecule has 2 aliphatic heterocycles. The first kappa shape index (κ1) is 26.8. The lowest BCUT2D eigenvalue weighted by Gasteiger charge is -2.36. The van der Waals surface area contributed by atoms with Crippen LogP contribution in [0.1, 0.15) is 12.0 Å². The second kappa shape index (κ2) is 12.9. The molecule has 5 rings (SSSR count). The monoisotopic (exact) mass is 542 g/mol. The van der Waals surface area contributed by atoms with Crippen LogP contribution in [0.2, 0.25) is 0 Å². The van der Waals surface area contributed by atoms with Gasteiger partial charge < -0.3 is 15.0 Å². The first-order valence-electron chi connectivity index (χ1n) is 13.3. The predicted molar refractivity (Wildman–Crippen MR) is 158 cm³/mol. The van der Waals surface area contributed by atoms with Gasteiger partial charge in [-0.25, -0.2) is 0 Å². The molecule has 0 unspecified atom stereocenters. The molecule has 2 aliphatic rings. The van der Waals surface area contributed by atoms with Crippen LogP contribution in [-0.4, -0.2) is 69.6 Å². The number of ether oxygens (including phenoxy) is 1. The lowest BCUT2D eigenvalue weighted by molar-refractivity contribution is -0.122. The van der Waals surface area contributed by atoms with Crippen LogP contribution in [0.5, 0.6) is 5.75 Å². The number of piperazine rings is 1. The van der Waals surface area contributed by atoms with E-state index in [-0.39, 0.29) is 18.4 Å². The second-order valence-electron chi connectivity index (χ2n) is 9.61. The van der Waals surface area contributed by atoms with Gasteiger partial charge in [-0.3, -0.25) is 19.4 Å². The zero-order valence-electron chi connectivity index (χ0n) is 22.2. The number of carbonyl (C=O) groups is 2. The molecule has 0 atom stereocenters. The summed E-state index contributed by atoms with van der Waals surface area (Å²) < 4.78 is 5.26. The SMILES string of the molecule is COc1ccc(N2CCN(CCCNC(=O)CN3C(=O)C(=Cc4ccccc4)Sc4ccccc43)CC2)cc1. The van der Waals surface area contributed by atoms with Gasteiger partial charge in [0.2, 0.25) is 5.91 Å². The van der Waals surface area contributed by atoms with Gasteiger partial charge in [-0.1, -0.05) is 54.2 Å². The molecular weight excluding hydrogens is 508 g/mol. The van der Waals surface area contributed by atoms with Gasteiger partial charge in [0.1, 0.15) is 12.3 Å². The molecule has 202 valence electrons. The van der Waals surface area contributed by atoms with Crippen LogP contribution < -0.4 is 19.9 Å². The van der Waals surface area contributed by atoms with Crippen LogP contribution in [0.25, 0.3) is 6.08 Å². The number of carbonyl (C=O) groups excluding carboxylic acids is 2. The van der Waals surface area contributed by atoms with Gasteiger partial charge in [-0.15, -0.1) is 0 Å². The number of nitrogens with one attached hydrogen (secondary N) is 1. The zero-order valence-corrected chi connectivity index (χ0v) is 23.0. The standard InChI is InChI=1S/C31H34N4O3S/c1-38-26-14-12-25(13-15-26)34-20-18-33(19-21-34)17-7-16-32-30(36)23-35-27-10-5-6-11-28(27)39-29(31(35)37)22-24-8-3-2-4-9-24/h2-6,8-15,22H,7,16-21,23H2,1H3,(H,32,36). The van der Waals surface area contributed by atoms with Crippen molar-refractivity contribution < 1.29 is 14.3 Å². The Balaban J connectivity index is 1.09. The Labute approximate surface area is 234 Å². The van der Waals surface area contributed by atoms with E-state index in [1.807, 2.05) is 72.8 Å². The number of nitrogens with zero attached hydrogens (tertiary/aromatic N) is 3. The van der Waals surface area contributed by atoms with E-state index in [0.717, 1.165) is 61.0 Å². The van der Waals surface area contributed by atoms with Gasteiger partial charge in [0.15, 0.2) is 0 Å². The lowest BCUT2D eigenvalue weighted by Crippen LogP contribution is -2.47. The minimum absolute atomic E-state index is 0.00305. The second-order valence-corrected chi connectivity index (χ2v) is 10.7. The number of methoxy groups -OCH3 is 1. The molecule has 0 aliphatic carbocycles. The maximum atomic E-state index is 13.4. The van der Waals surface area contributed by atoms with E-state index in [2.05, 4.69) is 27.2 Å². The van der Waals surface area contributed by atoms with Crippen molar-refractivity contribution in [3.05, 3.63) is 89.3 Å². The van der Waals surface area contributed by atoms with E-state index >= 15 is 0 Å². The molecule has 0 bridgehead atoms. The Morgan fingerprint density at radius 1 is 0.949 bits per heavy atom. The Bertz CT molecular complexity index is 1300. The summed E-state index contributed by atoms with van der Waals surface area (Å²) in [7, 11) is 1.68. The van der Waals surface area contributed by atoms with Crippen molar-refractivity contribution >= 4 is 41.0 Å². The van der Waals surface area contributed by atoms with Crippen LogP contribution in [-0.2, 0) is 9.59 Å². The van der Waals surface area contributed by atoms with Crippen LogP contribution in [0.3, 0.4) is 0 Å². The fraction of sp³-hybridized carbons (Fsp3) is 0.290. The highest BCUT2D eigenvalue weighted by molar-refractivity contribution is 8.04. The van der Waals surface area contributed by atoms with Gasteiger partial charge in [-0.05, 0) is 61.0 Å². The normalized spacial score (nSPS) is 16.7. The molecule has 0 radical (unpaired) electrons. The van der Waals surface area contributed by atoms with Crippen molar-refractivity contribution in [1.82, 2.24) is 10.2 Å². The van der Waals surface area contributed by atoms with Crippen molar-refractivity contribution in [1.29, 1.82) is 0 Å². The van der Waals surface area contributed by atoms with E-state index in [9.17, 15) is 9.59 Å². The number of amides is 2. The maximum absolute atomic E-state index is 13.4. The summed E-state index contributed by atoms with van der Waals surface area (Å²) >= 11 is 1.45. The molecule has 8 heteroatoms. The molecular formula is C31H34N4O3S. The predicted octanol–water partition coefficient (Wildman–Crippen LogP) is 4.50. The van der Waals surface area contributed by atoms with E-state index < -0.39 is 0 Å². The summed E-state index contributed by atoms with van der Waals surface area (Å²) in [6.07, 6.45) is 2.76. The van der Waals surface area contributed by atoms with Gasteiger partial charge in [0.05, 0.1) is 17.7 Å². The van der Waals surface area contributed by atoms with Gasteiger partial charge >= 0.3 is 0 Å². The first-order valence-corrected chi connectivity index (χ1v) is 14.2. The highest BCUT2D eigenvalue weighted by atomic mass is 32.2. The van der Waals surface area contributed by atoms with Gasteiger partial charge in [-0.2, -0.15) is 0 Å². The van der Waals surface area contributed by atoms with Crippen molar-refractivity contribution in [2.45, 2.75) is 11.3 Å². The van der Waals surface area contributed by atoms with Crippen molar-refractivity contribution in [3.8, 4) is 5.75 Å². The fourth-order valence-electron chi connectivity index (χ4n) is 4.87. The highest BCUT2D eigenvalue weighted by Crippen LogP contribution is 2.41. The van der Waals surface area contributed by atoms with Crippen molar-refractivity contribution in [2.24, 2.45) is 0 Å². The lowest BCUT2D eigenvalue weighted by atomic mass is 10.2. The molecule has 1 N–H and O–H groups in total. The average molecular weight is 543 g/mol. The van der Waals surface area contributed by atoms with Gasteiger partial charge in [0.25, 0.3) is 5.91 Å². The molecule has 3 aromatic carbocycles. The highest BCUT2D eigenvalue weighted by Gasteiger charge is 2.30. The van der Waals surface area contributed by atoms with Crippen LogP contribution >= 0.6 is 11.8 Å².